The summed E-state index contributed by atoms with van der Waals surface area (Å²) in [6, 6.07) is 9.96. The molecule has 0 aliphatic carbocycles. The van der Waals surface area contributed by atoms with E-state index in [4.69, 9.17) is 4.74 Å². The Morgan fingerprint density at radius 1 is 1.06 bits per heavy atom. The second-order valence-corrected chi connectivity index (χ2v) is 4.48. The average Bonchev–Trinajstić information content (AvgIpc) is 2.87. The summed E-state index contributed by atoms with van der Waals surface area (Å²) >= 11 is 1.63. The van der Waals surface area contributed by atoms with Gasteiger partial charge in [0, 0.05) is 10.9 Å². The molecule has 0 saturated heterocycles. The molecule has 84 valence electrons. The maximum Gasteiger partial charge on any atom is 0.127 e. The summed E-state index contributed by atoms with van der Waals surface area (Å²) < 4.78 is 5.15. The van der Waals surface area contributed by atoms with Gasteiger partial charge in [-0.3, -0.25) is 0 Å². The Labute approximate surface area is 103 Å². The molecule has 0 bridgehead atoms. The topological polar surface area (TPSA) is 35.0 Å². The Kier molecular flexibility index (Phi) is 2.49. The quantitative estimate of drug-likeness (QED) is 0.691. The highest BCUT2D eigenvalue weighted by Crippen LogP contribution is 2.29. The molecule has 0 fully saturated rings. The molecule has 2 heterocycles. The highest BCUT2D eigenvalue weighted by molar-refractivity contribution is 7.16. The van der Waals surface area contributed by atoms with Crippen LogP contribution in [-0.4, -0.2) is 17.1 Å². The van der Waals surface area contributed by atoms with Crippen LogP contribution in [0.5, 0.6) is 5.75 Å². The highest BCUT2D eigenvalue weighted by atomic mass is 32.1. The van der Waals surface area contributed by atoms with Crippen LogP contribution in [0.3, 0.4) is 0 Å². The molecule has 3 rings (SSSR count). The van der Waals surface area contributed by atoms with Crippen LogP contribution in [0.15, 0.2) is 42.0 Å². The van der Waals surface area contributed by atoms with Gasteiger partial charge in [0.05, 0.1) is 12.8 Å². The van der Waals surface area contributed by atoms with Crippen molar-refractivity contribution >= 4 is 21.6 Å². The normalized spacial score (nSPS) is 10.6. The monoisotopic (exact) mass is 242 g/mol. The summed E-state index contributed by atoms with van der Waals surface area (Å²) in [6.45, 7) is 0. The van der Waals surface area contributed by atoms with Gasteiger partial charge in [-0.15, -0.1) is 11.3 Å². The third-order valence-electron chi connectivity index (χ3n) is 2.63. The molecule has 0 atom stereocenters. The molecule has 0 N–H and O–H groups in total. The van der Waals surface area contributed by atoms with Gasteiger partial charge in [-0.1, -0.05) is 0 Å². The van der Waals surface area contributed by atoms with Gasteiger partial charge >= 0.3 is 0 Å². The van der Waals surface area contributed by atoms with Crippen molar-refractivity contribution in [2.75, 3.05) is 7.11 Å². The Bertz CT molecular complexity index is 646. The molecule has 0 radical (unpaired) electrons. The molecule has 2 aromatic heterocycles. The minimum absolute atomic E-state index is 0.851. The Morgan fingerprint density at radius 2 is 1.88 bits per heavy atom. The lowest BCUT2D eigenvalue weighted by Gasteiger charge is -2.03. The zero-order valence-electron chi connectivity index (χ0n) is 9.25. The maximum absolute atomic E-state index is 5.15. The van der Waals surface area contributed by atoms with E-state index >= 15 is 0 Å². The highest BCUT2D eigenvalue weighted by Gasteiger charge is 2.06. The number of aromatic nitrogens is 2. The number of methoxy groups -OCH3 is 1. The number of benzene rings is 1. The van der Waals surface area contributed by atoms with Crippen LogP contribution in [0.25, 0.3) is 21.5 Å². The van der Waals surface area contributed by atoms with Crippen LogP contribution in [0, 0.1) is 0 Å². The van der Waals surface area contributed by atoms with E-state index < -0.39 is 0 Å². The van der Waals surface area contributed by atoms with Crippen molar-refractivity contribution in [2.24, 2.45) is 0 Å². The fourth-order valence-corrected chi connectivity index (χ4v) is 2.50. The molecule has 0 amide bonds. The summed E-state index contributed by atoms with van der Waals surface area (Å²) in [5.74, 6) is 0.851. The molecule has 4 heteroatoms. The van der Waals surface area contributed by atoms with E-state index in [1.807, 2.05) is 29.6 Å². The second kappa shape index (κ2) is 4.14. The number of hydrogen-bond donors (Lipinski definition) is 0. The molecule has 0 saturated carbocycles. The van der Waals surface area contributed by atoms with E-state index in [0.717, 1.165) is 27.2 Å². The van der Waals surface area contributed by atoms with E-state index in [-0.39, 0.29) is 0 Å². The van der Waals surface area contributed by atoms with Gasteiger partial charge in [-0.25, -0.2) is 9.97 Å². The maximum atomic E-state index is 5.15. The first-order valence-electron chi connectivity index (χ1n) is 5.21. The number of ether oxygens (including phenoxy) is 1. The molecule has 0 aliphatic heterocycles. The molecule has 0 spiro atoms. The number of hydrogen-bond acceptors (Lipinski definition) is 4. The SMILES string of the molecule is COc1ccc(-c2ncnc3sccc23)cc1. The van der Waals surface area contributed by atoms with Crippen molar-refractivity contribution in [3.8, 4) is 17.0 Å². The summed E-state index contributed by atoms with van der Waals surface area (Å²) in [5.41, 5.74) is 2.05. The molecule has 0 aliphatic rings. The Balaban J connectivity index is 2.16. The summed E-state index contributed by atoms with van der Waals surface area (Å²) in [4.78, 5) is 9.62. The van der Waals surface area contributed by atoms with E-state index in [0.29, 0.717) is 0 Å². The zero-order valence-corrected chi connectivity index (χ0v) is 10.1. The van der Waals surface area contributed by atoms with E-state index in [1.165, 1.54) is 0 Å². The number of nitrogens with zero attached hydrogens (tertiary/aromatic N) is 2. The Hall–Kier alpha value is -1.94. The Morgan fingerprint density at radius 3 is 2.65 bits per heavy atom. The zero-order chi connectivity index (χ0) is 11.7. The van der Waals surface area contributed by atoms with Crippen molar-refractivity contribution in [3.63, 3.8) is 0 Å². The summed E-state index contributed by atoms with van der Waals surface area (Å²) in [5, 5.41) is 3.13. The molecular weight excluding hydrogens is 232 g/mol. The van der Waals surface area contributed by atoms with Crippen molar-refractivity contribution in [1.29, 1.82) is 0 Å². The fraction of sp³-hybridized carbons (Fsp3) is 0.0769. The van der Waals surface area contributed by atoms with Crippen LogP contribution < -0.4 is 4.74 Å². The lowest BCUT2D eigenvalue weighted by molar-refractivity contribution is 0.415. The minimum Gasteiger partial charge on any atom is -0.497 e. The molecular formula is C13H10N2OS. The smallest absolute Gasteiger partial charge is 0.127 e. The van der Waals surface area contributed by atoms with Crippen molar-refractivity contribution in [2.45, 2.75) is 0 Å². The minimum atomic E-state index is 0.851. The largest absolute Gasteiger partial charge is 0.497 e. The summed E-state index contributed by atoms with van der Waals surface area (Å²) in [7, 11) is 1.66. The van der Waals surface area contributed by atoms with Gasteiger partial charge in [0.2, 0.25) is 0 Å². The fourth-order valence-electron chi connectivity index (χ4n) is 1.77. The predicted octanol–water partition coefficient (Wildman–Crippen LogP) is 3.37. The third kappa shape index (κ3) is 1.76. The third-order valence-corrected chi connectivity index (χ3v) is 3.45. The average molecular weight is 242 g/mol. The number of thiophene rings is 1. The van der Waals surface area contributed by atoms with Gasteiger partial charge in [0.25, 0.3) is 0 Å². The van der Waals surface area contributed by atoms with Crippen LogP contribution in [0.2, 0.25) is 0 Å². The van der Waals surface area contributed by atoms with E-state index in [9.17, 15) is 0 Å². The first-order valence-corrected chi connectivity index (χ1v) is 6.09. The molecule has 0 unspecified atom stereocenters. The summed E-state index contributed by atoms with van der Waals surface area (Å²) in [6.07, 6.45) is 1.61. The van der Waals surface area contributed by atoms with Crippen LogP contribution in [-0.2, 0) is 0 Å². The predicted molar refractivity (Wildman–Crippen MR) is 69.4 cm³/mol. The van der Waals surface area contributed by atoms with Crippen LogP contribution in [0.1, 0.15) is 0 Å². The van der Waals surface area contributed by atoms with Crippen molar-refractivity contribution in [3.05, 3.63) is 42.0 Å². The molecule has 1 aromatic carbocycles. The standard InChI is InChI=1S/C13H10N2OS/c1-16-10-4-2-9(3-5-10)12-11-6-7-17-13(11)15-8-14-12/h2-8H,1H3. The van der Waals surface area contributed by atoms with Crippen molar-refractivity contribution < 1.29 is 4.74 Å². The first-order chi connectivity index (χ1) is 8.38. The van der Waals surface area contributed by atoms with Gasteiger partial charge in [-0.05, 0) is 35.7 Å². The van der Waals surface area contributed by atoms with Crippen molar-refractivity contribution in [1.82, 2.24) is 9.97 Å². The van der Waals surface area contributed by atoms with E-state index in [1.54, 1.807) is 24.8 Å². The lowest BCUT2D eigenvalue weighted by Crippen LogP contribution is -1.87. The van der Waals surface area contributed by atoms with Crippen LogP contribution in [0.4, 0.5) is 0 Å². The number of rotatable bonds is 2. The molecule has 3 nitrogen and oxygen atoms in total. The van der Waals surface area contributed by atoms with Gasteiger partial charge in [0.1, 0.15) is 16.9 Å². The first kappa shape index (κ1) is 10.2. The lowest BCUT2D eigenvalue weighted by atomic mass is 10.1. The van der Waals surface area contributed by atoms with Gasteiger partial charge in [0.15, 0.2) is 0 Å². The van der Waals surface area contributed by atoms with Gasteiger partial charge < -0.3 is 4.74 Å². The van der Waals surface area contributed by atoms with Gasteiger partial charge in [-0.2, -0.15) is 0 Å². The van der Waals surface area contributed by atoms with Crippen LogP contribution >= 0.6 is 11.3 Å². The second-order valence-electron chi connectivity index (χ2n) is 3.59. The molecule has 17 heavy (non-hydrogen) atoms. The van der Waals surface area contributed by atoms with E-state index in [2.05, 4.69) is 16.0 Å². The number of fused-ring (bicyclic) bond motifs is 1. The molecule has 3 aromatic rings.